The van der Waals surface area contributed by atoms with Crippen LogP contribution in [0.25, 0.3) is 0 Å². The lowest BCUT2D eigenvalue weighted by Gasteiger charge is -2.13. The molecule has 13 heavy (non-hydrogen) atoms. The van der Waals surface area contributed by atoms with Crippen LogP contribution in [0.4, 0.5) is 0 Å². The van der Waals surface area contributed by atoms with Crippen molar-refractivity contribution in [3.05, 3.63) is 23.4 Å². The van der Waals surface area contributed by atoms with Crippen molar-refractivity contribution in [2.75, 3.05) is 0 Å². The van der Waals surface area contributed by atoms with Crippen LogP contribution < -0.4 is 0 Å². The molecule has 0 radical (unpaired) electrons. The molecule has 72 valence electrons. The Hall–Kier alpha value is -0.850. The molecule has 0 aromatic carbocycles. The van der Waals surface area contributed by atoms with Crippen molar-refractivity contribution in [3.63, 3.8) is 0 Å². The molecular formula is C12H19N. The Labute approximate surface area is 81.3 Å². The minimum Gasteiger partial charge on any atom is -0.269 e. The Kier molecular flexibility index (Phi) is 3.94. The van der Waals surface area contributed by atoms with Crippen molar-refractivity contribution in [2.45, 2.75) is 40.0 Å². The molecular weight excluding hydrogens is 158 g/mol. The fraction of sp³-hybridized carbons (Fsp3) is 0.583. The van der Waals surface area contributed by atoms with Gasteiger partial charge in [0.1, 0.15) is 0 Å². The molecule has 0 aromatic rings. The van der Waals surface area contributed by atoms with Crippen LogP contribution in [0.15, 0.2) is 28.4 Å². The van der Waals surface area contributed by atoms with E-state index in [1.54, 1.807) is 5.57 Å². The van der Waals surface area contributed by atoms with Crippen molar-refractivity contribution in [1.82, 2.24) is 0 Å². The molecule has 0 atom stereocenters. The summed E-state index contributed by atoms with van der Waals surface area (Å²) in [6.45, 7) is 6.69. The fourth-order valence-corrected chi connectivity index (χ4v) is 1.43. The largest absolute Gasteiger partial charge is 0.269 e. The van der Waals surface area contributed by atoms with E-state index in [0.29, 0.717) is 5.92 Å². The molecule has 0 bridgehead atoms. The first-order chi connectivity index (χ1) is 6.24. The number of hydrogen-bond donors (Lipinski definition) is 0. The zero-order chi connectivity index (χ0) is 9.68. The Morgan fingerprint density at radius 2 is 2.23 bits per heavy atom. The van der Waals surface area contributed by atoms with Crippen LogP contribution in [0.2, 0.25) is 0 Å². The highest BCUT2D eigenvalue weighted by Crippen LogP contribution is 2.22. The summed E-state index contributed by atoms with van der Waals surface area (Å²) in [6, 6.07) is 0. The van der Waals surface area contributed by atoms with Crippen LogP contribution >= 0.6 is 0 Å². The first kappa shape index (κ1) is 10.2. The smallest absolute Gasteiger partial charge is 0.0261 e. The third-order valence-corrected chi connectivity index (χ3v) is 2.48. The lowest BCUT2D eigenvalue weighted by atomic mass is 9.94. The molecule has 0 amide bonds. The average Bonchev–Trinajstić information content (AvgIpc) is 2.03. The minimum absolute atomic E-state index is 0.616. The second kappa shape index (κ2) is 5.00. The molecule has 0 saturated carbocycles. The maximum Gasteiger partial charge on any atom is 0.0261 e. The summed E-state index contributed by atoms with van der Waals surface area (Å²) < 4.78 is 0. The second-order valence-corrected chi connectivity index (χ2v) is 3.82. The highest BCUT2D eigenvalue weighted by atomic mass is 14.7. The van der Waals surface area contributed by atoms with Gasteiger partial charge in [-0.15, -0.1) is 0 Å². The summed E-state index contributed by atoms with van der Waals surface area (Å²) in [5.74, 6) is 0.616. The summed E-state index contributed by atoms with van der Waals surface area (Å²) >= 11 is 0. The lowest BCUT2D eigenvalue weighted by Crippen LogP contribution is -1.97. The molecule has 0 saturated heterocycles. The molecule has 0 spiro atoms. The van der Waals surface area contributed by atoms with E-state index in [2.05, 4.69) is 31.8 Å². The Balaban J connectivity index is 2.78. The number of rotatable bonds is 2. The normalized spacial score (nSPS) is 25.8. The van der Waals surface area contributed by atoms with Crippen molar-refractivity contribution >= 4 is 6.21 Å². The number of hydrogen-bond acceptors (Lipinski definition) is 1. The quantitative estimate of drug-likeness (QED) is 0.570. The zero-order valence-electron chi connectivity index (χ0n) is 8.88. The maximum absolute atomic E-state index is 4.27. The van der Waals surface area contributed by atoms with E-state index in [9.17, 15) is 0 Å². The monoisotopic (exact) mass is 177 g/mol. The van der Waals surface area contributed by atoms with E-state index in [-0.39, 0.29) is 0 Å². The third kappa shape index (κ3) is 3.17. The van der Waals surface area contributed by atoms with Crippen LogP contribution in [0, 0.1) is 5.92 Å². The van der Waals surface area contributed by atoms with Gasteiger partial charge in [-0.3, -0.25) is 4.99 Å². The Morgan fingerprint density at radius 1 is 1.46 bits per heavy atom. The predicted molar refractivity (Wildman–Crippen MR) is 59.0 cm³/mol. The van der Waals surface area contributed by atoms with Crippen LogP contribution in [0.3, 0.4) is 0 Å². The number of aliphatic imine (C=N–C) groups is 1. The molecule has 1 heteroatoms. The molecule has 1 aliphatic rings. The van der Waals surface area contributed by atoms with Crippen molar-refractivity contribution in [2.24, 2.45) is 10.9 Å². The minimum atomic E-state index is 0.616. The molecule has 0 aliphatic carbocycles. The van der Waals surface area contributed by atoms with Crippen LogP contribution in [-0.2, 0) is 0 Å². The van der Waals surface area contributed by atoms with E-state index in [1.807, 2.05) is 12.4 Å². The second-order valence-electron chi connectivity index (χ2n) is 3.82. The predicted octanol–water partition coefficient (Wildman–Crippen LogP) is 3.73. The average molecular weight is 177 g/mol. The van der Waals surface area contributed by atoms with Crippen molar-refractivity contribution < 1.29 is 0 Å². The van der Waals surface area contributed by atoms with Gasteiger partial charge in [-0.05, 0) is 24.3 Å². The highest BCUT2D eigenvalue weighted by molar-refractivity contribution is 5.61. The third-order valence-electron chi connectivity index (χ3n) is 2.48. The SMILES string of the molecule is CC/C1=C\CC=N/C=C(/C(C)C)C1. The molecule has 1 rings (SSSR count). The maximum atomic E-state index is 4.27. The highest BCUT2D eigenvalue weighted by Gasteiger charge is 2.06. The van der Waals surface area contributed by atoms with Crippen molar-refractivity contribution in [1.29, 1.82) is 0 Å². The fourth-order valence-electron chi connectivity index (χ4n) is 1.43. The Bertz CT molecular complexity index is 244. The summed E-state index contributed by atoms with van der Waals surface area (Å²) in [5.41, 5.74) is 3.00. The van der Waals surface area contributed by atoms with Crippen LogP contribution in [0.1, 0.15) is 40.0 Å². The van der Waals surface area contributed by atoms with Gasteiger partial charge in [-0.2, -0.15) is 0 Å². The van der Waals surface area contributed by atoms with Gasteiger partial charge in [0, 0.05) is 18.8 Å². The molecule has 1 heterocycles. The Morgan fingerprint density at radius 3 is 2.85 bits per heavy atom. The van der Waals surface area contributed by atoms with E-state index in [1.165, 1.54) is 5.57 Å². The van der Waals surface area contributed by atoms with Gasteiger partial charge in [-0.1, -0.05) is 32.4 Å². The van der Waals surface area contributed by atoms with Crippen molar-refractivity contribution in [3.8, 4) is 0 Å². The van der Waals surface area contributed by atoms with Gasteiger partial charge in [0.25, 0.3) is 0 Å². The van der Waals surface area contributed by atoms with Gasteiger partial charge in [0.15, 0.2) is 0 Å². The molecule has 1 nitrogen and oxygen atoms in total. The standard InChI is InChI=1S/C12H19N/c1-4-11-6-5-7-13-9-12(8-11)10(2)3/h6-7,9-10H,4-5,8H2,1-3H3/b11-6+,12-9+,13-7?. The first-order valence-corrected chi connectivity index (χ1v) is 5.12. The van der Waals surface area contributed by atoms with E-state index in [0.717, 1.165) is 19.3 Å². The molecule has 0 aromatic heterocycles. The van der Waals surface area contributed by atoms with E-state index < -0.39 is 0 Å². The summed E-state index contributed by atoms with van der Waals surface area (Å²) in [5, 5.41) is 0. The topological polar surface area (TPSA) is 12.4 Å². The molecule has 0 fully saturated rings. The van der Waals surface area contributed by atoms with Gasteiger partial charge in [-0.25, -0.2) is 0 Å². The van der Waals surface area contributed by atoms with Gasteiger partial charge < -0.3 is 0 Å². The summed E-state index contributed by atoms with van der Waals surface area (Å²) in [4.78, 5) is 4.27. The number of allylic oxidation sites excluding steroid dienone is 3. The van der Waals surface area contributed by atoms with E-state index >= 15 is 0 Å². The zero-order valence-corrected chi connectivity index (χ0v) is 8.88. The van der Waals surface area contributed by atoms with Crippen LogP contribution in [0.5, 0.6) is 0 Å². The van der Waals surface area contributed by atoms with Crippen LogP contribution in [-0.4, -0.2) is 6.21 Å². The molecule has 0 N–H and O–H groups in total. The molecule has 0 unspecified atom stereocenters. The van der Waals surface area contributed by atoms with Gasteiger partial charge >= 0.3 is 0 Å². The number of nitrogens with zero attached hydrogens (tertiary/aromatic N) is 1. The lowest BCUT2D eigenvalue weighted by molar-refractivity contribution is 0.726. The molecule has 1 aliphatic heterocycles. The summed E-state index contributed by atoms with van der Waals surface area (Å²) in [7, 11) is 0. The van der Waals surface area contributed by atoms with E-state index in [4.69, 9.17) is 0 Å². The van der Waals surface area contributed by atoms with Gasteiger partial charge in [0.05, 0.1) is 0 Å². The summed E-state index contributed by atoms with van der Waals surface area (Å²) in [6.07, 6.45) is 9.60. The van der Waals surface area contributed by atoms with Gasteiger partial charge in [0.2, 0.25) is 0 Å². The first-order valence-electron chi connectivity index (χ1n) is 5.12.